The third-order valence-electron chi connectivity index (χ3n) is 5.93. The van der Waals surface area contributed by atoms with Crippen molar-refractivity contribution in [3.05, 3.63) is 23.8 Å². The minimum atomic E-state index is -0.165. The summed E-state index contributed by atoms with van der Waals surface area (Å²) in [5.74, 6) is 2.88. The topological polar surface area (TPSA) is 70.8 Å². The lowest BCUT2D eigenvalue weighted by molar-refractivity contribution is -0.123. The monoisotopic (exact) mass is 421 g/mol. The van der Waals surface area contributed by atoms with Gasteiger partial charge in [-0.1, -0.05) is 46.6 Å². The number of carbonyl (C=O) groups excluding carboxylic acids is 1. The molecule has 2 atom stereocenters. The number of benzene rings is 1. The Labute approximate surface area is 183 Å². The van der Waals surface area contributed by atoms with Crippen LogP contribution < -0.4 is 15.2 Å². The summed E-state index contributed by atoms with van der Waals surface area (Å²) in [6.45, 7) is 10.0. The molecule has 30 heavy (non-hydrogen) atoms. The van der Waals surface area contributed by atoms with Crippen LogP contribution in [0.4, 0.5) is 0 Å². The number of hydrogen-bond acceptors (Lipinski definition) is 4. The predicted molar refractivity (Wildman–Crippen MR) is 123 cm³/mol. The average Bonchev–Trinajstić information content (AvgIpc) is 2.69. The molecule has 0 saturated carbocycles. The number of unbranched alkanes of at least 4 members (excludes halogenated alkanes) is 1. The van der Waals surface area contributed by atoms with Gasteiger partial charge in [-0.3, -0.25) is 4.79 Å². The van der Waals surface area contributed by atoms with Gasteiger partial charge in [0.2, 0.25) is 5.91 Å². The number of carbonyl (C=O) groups is 1. The van der Waals surface area contributed by atoms with E-state index in [1.165, 1.54) is 5.56 Å². The number of primary amides is 1. The molecule has 5 nitrogen and oxygen atoms in total. The standard InChI is InChI=1S/C25H43NO4/c1-18(2)21(10-7-8-11-22(19(3)4)25(26)27)16-20-12-13-23(29-6)24(17-20)30-15-9-14-28-5/h12-13,17-19,21-22H,7-11,14-16H2,1-6H3,(H2,26,27). The van der Waals surface area contributed by atoms with Gasteiger partial charge in [-0.15, -0.1) is 0 Å². The van der Waals surface area contributed by atoms with Gasteiger partial charge in [0, 0.05) is 26.1 Å². The molecule has 0 saturated heterocycles. The van der Waals surface area contributed by atoms with Crippen LogP contribution in [0.2, 0.25) is 0 Å². The maximum atomic E-state index is 11.6. The van der Waals surface area contributed by atoms with Crippen molar-refractivity contribution in [1.82, 2.24) is 0 Å². The molecule has 0 aliphatic rings. The van der Waals surface area contributed by atoms with Gasteiger partial charge in [0.25, 0.3) is 0 Å². The van der Waals surface area contributed by atoms with Crippen molar-refractivity contribution in [2.75, 3.05) is 27.4 Å². The summed E-state index contributed by atoms with van der Waals surface area (Å²) in [4.78, 5) is 11.6. The van der Waals surface area contributed by atoms with E-state index in [0.717, 1.165) is 50.0 Å². The zero-order chi connectivity index (χ0) is 22.5. The van der Waals surface area contributed by atoms with Crippen molar-refractivity contribution in [3.8, 4) is 11.5 Å². The molecule has 1 aromatic rings. The van der Waals surface area contributed by atoms with Gasteiger partial charge < -0.3 is 19.9 Å². The summed E-state index contributed by atoms with van der Waals surface area (Å²) in [6, 6.07) is 6.25. The fourth-order valence-electron chi connectivity index (χ4n) is 3.90. The predicted octanol–water partition coefficient (Wildman–Crippen LogP) is 5.24. The van der Waals surface area contributed by atoms with Crippen LogP contribution in [0.25, 0.3) is 0 Å². The normalized spacial score (nSPS) is 13.5. The van der Waals surface area contributed by atoms with Gasteiger partial charge in [-0.05, 0) is 54.7 Å². The van der Waals surface area contributed by atoms with Crippen LogP contribution in [0.5, 0.6) is 11.5 Å². The Morgan fingerprint density at radius 1 is 0.933 bits per heavy atom. The third-order valence-corrected chi connectivity index (χ3v) is 5.93. The van der Waals surface area contributed by atoms with E-state index in [9.17, 15) is 4.79 Å². The summed E-state index contributed by atoms with van der Waals surface area (Å²) < 4.78 is 16.5. The van der Waals surface area contributed by atoms with Crippen molar-refractivity contribution in [2.45, 2.75) is 66.2 Å². The lowest BCUT2D eigenvalue weighted by Gasteiger charge is -2.23. The van der Waals surface area contributed by atoms with Crippen molar-refractivity contribution < 1.29 is 19.0 Å². The van der Waals surface area contributed by atoms with Crippen molar-refractivity contribution in [1.29, 1.82) is 0 Å². The quantitative estimate of drug-likeness (QED) is 0.370. The summed E-state index contributed by atoms with van der Waals surface area (Å²) in [6.07, 6.45) is 6.07. The van der Waals surface area contributed by atoms with Crippen LogP contribution >= 0.6 is 0 Å². The average molecular weight is 422 g/mol. The maximum Gasteiger partial charge on any atom is 0.220 e. The minimum absolute atomic E-state index is 0.0121. The number of nitrogens with two attached hydrogens (primary N) is 1. The van der Waals surface area contributed by atoms with E-state index >= 15 is 0 Å². The second kappa shape index (κ2) is 14.3. The largest absolute Gasteiger partial charge is 0.493 e. The lowest BCUT2D eigenvalue weighted by Crippen LogP contribution is -2.27. The zero-order valence-corrected chi connectivity index (χ0v) is 19.9. The Hall–Kier alpha value is -1.75. The SMILES string of the molecule is COCCCOc1cc(CC(CCCCC(C(N)=O)C(C)C)C(C)C)ccc1OC. The molecule has 0 heterocycles. The van der Waals surface area contributed by atoms with Gasteiger partial charge in [-0.25, -0.2) is 0 Å². The third kappa shape index (κ3) is 9.38. The second-order valence-electron chi connectivity index (χ2n) is 8.93. The number of amides is 1. The second-order valence-corrected chi connectivity index (χ2v) is 8.93. The van der Waals surface area contributed by atoms with Crippen molar-refractivity contribution in [2.24, 2.45) is 29.4 Å². The first-order valence-electron chi connectivity index (χ1n) is 11.4. The Kier molecular flexibility index (Phi) is 12.5. The summed E-state index contributed by atoms with van der Waals surface area (Å²) in [7, 11) is 3.37. The minimum Gasteiger partial charge on any atom is -0.493 e. The fourth-order valence-corrected chi connectivity index (χ4v) is 3.90. The molecule has 0 aliphatic heterocycles. The lowest BCUT2D eigenvalue weighted by atomic mass is 9.83. The molecule has 172 valence electrons. The Morgan fingerprint density at radius 2 is 1.63 bits per heavy atom. The van der Waals surface area contributed by atoms with Gasteiger partial charge in [-0.2, -0.15) is 0 Å². The molecule has 0 aromatic heterocycles. The molecule has 1 amide bonds. The van der Waals surface area contributed by atoms with Gasteiger partial charge in [0.05, 0.1) is 13.7 Å². The number of ether oxygens (including phenoxy) is 3. The Bertz CT molecular complexity index is 615. The first kappa shape index (κ1) is 26.3. The molecule has 0 fully saturated rings. The van der Waals surface area contributed by atoms with Gasteiger partial charge in [0.1, 0.15) is 0 Å². The van der Waals surface area contributed by atoms with Crippen LogP contribution in [0.3, 0.4) is 0 Å². The van der Waals surface area contributed by atoms with Crippen LogP contribution in [0.15, 0.2) is 18.2 Å². The highest BCUT2D eigenvalue weighted by molar-refractivity contribution is 5.76. The molecule has 1 aromatic carbocycles. The molecule has 1 rings (SSSR count). The molecule has 0 aliphatic carbocycles. The number of hydrogen-bond donors (Lipinski definition) is 1. The van der Waals surface area contributed by atoms with E-state index in [2.05, 4.69) is 39.8 Å². The van der Waals surface area contributed by atoms with Crippen LogP contribution in [-0.2, 0) is 16.0 Å². The highest BCUT2D eigenvalue weighted by Crippen LogP contribution is 2.31. The van der Waals surface area contributed by atoms with Crippen LogP contribution in [-0.4, -0.2) is 33.3 Å². The highest BCUT2D eigenvalue weighted by atomic mass is 16.5. The van der Waals surface area contributed by atoms with Crippen LogP contribution in [0, 0.1) is 23.7 Å². The molecule has 0 spiro atoms. The molecule has 0 radical (unpaired) electrons. The van der Waals surface area contributed by atoms with Gasteiger partial charge >= 0.3 is 0 Å². The molecule has 5 heteroatoms. The van der Waals surface area contributed by atoms with Crippen molar-refractivity contribution in [3.63, 3.8) is 0 Å². The Balaban J connectivity index is 2.66. The van der Waals surface area contributed by atoms with E-state index in [1.807, 2.05) is 6.07 Å². The first-order valence-corrected chi connectivity index (χ1v) is 11.4. The van der Waals surface area contributed by atoms with E-state index in [1.54, 1.807) is 14.2 Å². The molecule has 2 unspecified atom stereocenters. The van der Waals surface area contributed by atoms with Gasteiger partial charge in [0.15, 0.2) is 11.5 Å². The van der Waals surface area contributed by atoms with E-state index in [4.69, 9.17) is 19.9 Å². The Morgan fingerprint density at radius 3 is 2.20 bits per heavy atom. The summed E-state index contributed by atoms with van der Waals surface area (Å²) in [5.41, 5.74) is 6.82. The molecular weight excluding hydrogens is 378 g/mol. The highest BCUT2D eigenvalue weighted by Gasteiger charge is 2.20. The zero-order valence-electron chi connectivity index (χ0n) is 19.9. The van der Waals surface area contributed by atoms with E-state index < -0.39 is 0 Å². The smallest absolute Gasteiger partial charge is 0.220 e. The molecular formula is C25H43NO4. The van der Waals surface area contributed by atoms with Crippen molar-refractivity contribution >= 4 is 5.91 Å². The van der Waals surface area contributed by atoms with Crippen LogP contribution in [0.1, 0.15) is 65.4 Å². The number of rotatable bonds is 16. The first-order chi connectivity index (χ1) is 14.3. The maximum absolute atomic E-state index is 11.6. The van der Waals surface area contributed by atoms with E-state index in [-0.39, 0.29) is 11.8 Å². The van der Waals surface area contributed by atoms with E-state index in [0.29, 0.717) is 31.0 Å². The molecule has 2 N–H and O–H groups in total. The fraction of sp³-hybridized carbons (Fsp3) is 0.720. The summed E-state index contributed by atoms with van der Waals surface area (Å²) >= 11 is 0. The number of methoxy groups -OCH3 is 2. The summed E-state index contributed by atoms with van der Waals surface area (Å²) in [5, 5.41) is 0. The molecule has 0 bridgehead atoms.